The SMILES string of the molecule is COC(=O)c1ccc(/C=C2/SC(=S)N(CCCC(=O)O)C2=O)cc1. The predicted octanol–water partition coefficient (Wildman–Crippen LogP) is 2.54. The highest BCUT2D eigenvalue weighted by Crippen LogP contribution is 2.32. The number of carboxylic acids is 1. The number of esters is 1. The van der Waals surface area contributed by atoms with E-state index in [4.69, 9.17) is 17.3 Å². The molecule has 1 saturated heterocycles. The Morgan fingerprint density at radius 2 is 2.00 bits per heavy atom. The molecule has 0 aliphatic carbocycles. The van der Waals surface area contributed by atoms with Crippen LogP contribution in [0.15, 0.2) is 29.2 Å². The van der Waals surface area contributed by atoms with Crippen LogP contribution in [0, 0.1) is 0 Å². The number of thiocarbonyl (C=S) groups is 1. The summed E-state index contributed by atoms with van der Waals surface area (Å²) < 4.78 is 5.05. The van der Waals surface area contributed by atoms with Crippen LogP contribution in [0.3, 0.4) is 0 Å². The third kappa shape index (κ3) is 4.42. The number of aliphatic carboxylic acids is 1. The summed E-state index contributed by atoms with van der Waals surface area (Å²) in [6.45, 7) is 0.287. The lowest BCUT2D eigenvalue weighted by Crippen LogP contribution is -2.29. The third-order valence-corrected chi connectivity index (χ3v) is 4.65. The van der Waals surface area contributed by atoms with Crippen LogP contribution in [-0.4, -0.2) is 45.8 Å². The molecule has 126 valence electrons. The van der Waals surface area contributed by atoms with Crippen LogP contribution in [0.5, 0.6) is 0 Å². The predicted molar refractivity (Wildman–Crippen MR) is 94.5 cm³/mol. The summed E-state index contributed by atoms with van der Waals surface area (Å²) in [6, 6.07) is 6.66. The van der Waals surface area contributed by atoms with Crippen LogP contribution >= 0.6 is 24.0 Å². The number of amides is 1. The first-order valence-corrected chi connectivity index (χ1v) is 8.30. The van der Waals surface area contributed by atoms with Gasteiger partial charge < -0.3 is 9.84 Å². The maximum atomic E-state index is 12.3. The topological polar surface area (TPSA) is 83.9 Å². The number of benzene rings is 1. The minimum Gasteiger partial charge on any atom is -0.481 e. The molecule has 24 heavy (non-hydrogen) atoms. The molecule has 0 atom stereocenters. The van der Waals surface area contributed by atoms with Crippen molar-refractivity contribution in [2.75, 3.05) is 13.7 Å². The van der Waals surface area contributed by atoms with Crippen molar-refractivity contribution in [3.05, 3.63) is 40.3 Å². The van der Waals surface area contributed by atoms with E-state index < -0.39 is 11.9 Å². The second kappa shape index (κ2) is 8.07. The van der Waals surface area contributed by atoms with Gasteiger partial charge in [0.15, 0.2) is 0 Å². The van der Waals surface area contributed by atoms with E-state index in [1.807, 2.05) is 0 Å². The zero-order valence-corrected chi connectivity index (χ0v) is 14.5. The Labute approximate surface area is 148 Å². The second-order valence-corrected chi connectivity index (χ2v) is 6.62. The molecule has 1 heterocycles. The van der Waals surface area contributed by atoms with E-state index in [0.29, 0.717) is 21.2 Å². The van der Waals surface area contributed by atoms with Gasteiger partial charge in [0.25, 0.3) is 5.91 Å². The molecule has 1 fully saturated rings. The van der Waals surface area contributed by atoms with E-state index in [9.17, 15) is 14.4 Å². The van der Waals surface area contributed by atoms with Gasteiger partial charge in [-0.2, -0.15) is 0 Å². The number of rotatable bonds is 6. The van der Waals surface area contributed by atoms with Gasteiger partial charge in [0.2, 0.25) is 0 Å². The van der Waals surface area contributed by atoms with Gasteiger partial charge in [-0.05, 0) is 30.2 Å². The number of carboxylic acid groups (broad SMARTS) is 1. The first kappa shape index (κ1) is 18.2. The Hall–Kier alpha value is -2.19. The average Bonchev–Trinajstić information content (AvgIpc) is 2.82. The van der Waals surface area contributed by atoms with Crippen molar-refractivity contribution < 1.29 is 24.2 Å². The number of methoxy groups -OCH3 is 1. The fourth-order valence-electron chi connectivity index (χ4n) is 2.07. The van der Waals surface area contributed by atoms with Gasteiger partial charge in [-0.3, -0.25) is 14.5 Å². The molecule has 0 bridgehead atoms. The van der Waals surface area contributed by atoms with Gasteiger partial charge in [-0.1, -0.05) is 36.1 Å². The molecule has 0 spiro atoms. The summed E-state index contributed by atoms with van der Waals surface area (Å²) in [5, 5.41) is 8.66. The summed E-state index contributed by atoms with van der Waals surface area (Å²) in [5.74, 6) is -1.56. The standard InChI is InChI=1S/C16H15NO5S2/c1-22-15(21)11-6-4-10(5-7-11)9-12-14(20)17(16(23)24-12)8-2-3-13(18)19/h4-7,9H,2-3,8H2,1H3,(H,18,19)/b12-9+. The van der Waals surface area contributed by atoms with E-state index in [-0.39, 0.29) is 18.9 Å². The van der Waals surface area contributed by atoms with Gasteiger partial charge >= 0.3 is 11.9 Å². The van der Waals surface area contributed by atoms with Crippen LogP contribution in [0.25, 0.3) is 6.08 Å². The zero-order valence-electron chi connectivity index (χ0n) is 12.9. The van der Waals surface area contributed by atoms with Crippen molar-refractivity contribution in [3.8, 4) is 0 Å². The zero-order chi connectivity index (χ0) is 17.7. The average molecular weight is 365 g/mol. The van der Waals surface area contributed by atoms with Crippen molar-refractivity contribution in [2.24, 2.45) is 0 Å². The molecular weight excluding hydrogens is 350 g/mol. The van der Waals surface area contributed by atoms with Crippen molar-refractivity contribution in [3.63, 3.8) is 0 Å². The Balaban J connectivity index is 2.07. The van der Waals surface area contributed by atoms with Crippen molar-refractivity contribution in [1.29, 1.82) is 0 Å². The molecule has 2 rings (SSSR count). The molecule has 0 saturated carbocycles. The summed E-state index contributed by atoms with van der Waals surface area (Å²) in [7, 11) is 1.31. The molecule has 1 aliphatic rings. The van der Waals surface area contributed by atoms with E-state index in [0.717, 1.165) is 5.56 Å². The first-order chi connectivity index (χ1) is 11.4. The highest BCUT2D eigenvalue weighted by atomic mass is 32.2. The Morgan fingerprint density at radius 1 is 1.33 bits per heavy atom. The first-order valence-electron chi connectivity index (χ1n) is 7.08. The lowest BCUT2D eigenvalue weighted by molar-refractivity contribution is -0.137. The maximum absolute atomic E-state index is 12.3. The number of hydrogen-bond acceptors (Lipinski definition) is 6. The van der Waals surface area contributed by atoms with Gasteiger partial charge in [0.1, 0.15) is 4.32 Å². The number of thioether (sulfide) groups is 1. The largest absolute Gasteiger partial charge is 0.481 e. The number of carbonyl (C=O) groups is 3. The molecule has 0 unspecified atom stereocenters. The summed E-state index contributed by atoms with van der Waals surface area (Å²) >= 11 is 6.36. The molecule has 1 N–H and O–H groups in total. The van der Waals surface area contributed by atoms with Gasteiger partial charge in [0.05, 0.1) is 17.6 Å². The molecule has 6 nitrogen and oxygen atoms in total. The van der Waals surface area contributed by atoms with Crippen molar-refractivity contribution in [1.82, 2.24) is 4.90 Å². The quantitative estimate of drug-likeness (QED) is 0.471. The third-order valence-electron chi connectivity index (χ3n) is 3.28. The highest BCUT2D eigenvalue weighted by molar-refractivity contribution is 8.26. The lowest BCUT2D eigenvalue weighted by atomic mass is 10.1. The van der Waals surface area contributed by atoms with E-state index in [2.05, 4.69) is 4.74 Å². The molecule has 0 radical (unpaired) electrons. The summed E-state index contributed by atoms with van der Waals surface area (Å²) in [4.78, 5) is 36.2. The molecule has 1 aromatic rings. The molecular formula is C16H15NO5S2. The smallest absolute Gasteiger partial charge is 0.337 e. The van der Waals surface area contributed by atoms with E-state index in [1.165, 1.54) is 23.8 Å². The van der Waals surface area contributed by atoms with Crippen LogP contribution in [0.4, 0.5) is 0 Å². The Bertz CT molecular complexity index is 712. The fraction of sp³-hybridized carbons (Fsp3) is 0.250. The van der Waals surface area contributed by atoms with Crippen LogP contribution in [0.1, 0.15) is 28.8 Å². The molecule has 1 amide bonds. The van der Waals surface area contributed by atoms with Gasteiger partial charge in [-0.15, -0.1) is 0 Å². The number of ether oxygens (including phenoxy) is 1. The molecule has 1 aliphatic heterocycles. The molecule has 0 aromatic heterocycles. The Morgan fingerprint density at radius 3 is 2.58 bits per heavy atom. The molecule has 8 heteroatoms. The number of carbonyl (C=O) groups excluding carboxylic acids is 2. The summed E-state index contributed by atoms with van der Waals surface area (Å²) in [6.07, 6.45) is 2.03. The maximum Gasteiger partial charge on any atom is 0.337 e. The highest BCUT2D eigenvalue weighted by Gasteiger charge is 2.31. The minimum absolute atomic E-state index is 0.00883. The lowest BCUT2D eigenvalue weighted by Gasteiger charge is -2.13. The van der Waals surface area contributed by atoms with Crippen molar-refractivity contribution >= 4 is 52.2 Å². The number of hydrogen-bond donors (Lipinski definition) is 1. The minimum atomic E-state index is -0.901. The molecule has 1 aromatic carbocycles. The van der Waals surface area contributed by atoms with Crippen LogP contribution < -0.4 is 0 Å². The van der Waals surface area contributed by atoms with Crippen molar-refractivity contribution in [2.45, 2.75) is 12.8 Å². The van der Waals surface area contributed by atoms with E-state index >= 15 is 0 Å². The fourth-order valence-corrected chi connectivity index (χ4v) is 3.37. The second-order valence-electron chi connectivity index (χ2n) is 4.94. The number of nitrogens with zero attached hydrogens (tertiary/aromatic N) is 1. The normalized spacial score (nSPS) is 15.9. The van der Waals surface area contributed by atoms with Gasteiger partial charge in [-0.25, -0.2) is 4.79 Å². The Kier molecular flexibility index (Phi) is 6.10. The monoisotopic (exact) mass is 365 g/mol. The van der Waals surface area contributed by atoms with Crippen LogP contribution in [0.2, 0.25) is 0 Å². The van der Waals surface area contributed by atoms with E-state index in [1.54, 1.807) is 30.3 Å². The van der Waals surface area contributed by atoms with Crippen LogP contribution in [-0.2, 0) is 14.3 Å². The summed E-state index contributed by atoms with van der Waals surface area (Å²) in [5.41, 5.74) is 1.18. The van der Waals surface area contributed by atoms with Gasteiger partial charge in [0, 0.05) is 13.0 Å².